The molecule has 0 saturated heterocycles. The number of rotatable bonds is 4. The Kier molecular flexibility index (Phi) is 4.08. The maximum absolute atomic E-state index is 11.2. The van der Waals surface area contributed by atoms with Gasteiger partial charge >= 0.3 is 5.97 Å². The quantitative estimate of drug-likeness (QED) is 0.860. The van der Waals surface area contributed by atoms with Crippen molar-refractivity contribution in [3.05, 3.63) is 58.6 Å². The molecule has 2 aromatic carbocycles. The van der Waals surface area contributed by atoms with Crippen LogP contribution in [0.1, 0.15) is 15.9 Å². The lowest BCUT2D eigenvalue weighted by Crippen LogP contribution is -2.16. The third-order valence-corrected chi connectivity index (χ3v) is 4.75. The lowest BCUT2D eigenvalue weighted by atomic mass is 10.1. The summed E-state index contributed by atoms with van der Waals surface area (Å²) < 4.78 is 5.86. The molecule has 3 rings (SSSR count). The number of thioether (sulfide) groups is 1. The van der Waals surface area contributed by atoms with E-state index in [0.29, 0.717) is 16.3 Å². The Labute approximate surface area is 131 Å². The summed E-state index contributed by atoms with van der Waals surface area (Å²) in [6.07, 6.45) is 0.850. The lowest BCUT2D eigenvalue weighted by Gasteiger charge is -2.11. The van der Waals surface area contributed by atoms with Crippen LogP contribution in [0.3, 0.4) is 0 Å². The molecule has 0 spiro atoms. The zero-order chi connectivity index (χ0) is 14.8. The monoisotopic (exact) mass is 320 g/mol. The van der Waals surface area contributed by atoms with Crippen molar-refractivity contribution in [2.24, 2.45) is 0 Å². The van der Waals surface area contributed by atoms with Crippen LogP contribution in [0.15, 0.2) is 47.4 Å². The Morgan fingerprint density at radius 2 is 2.14 bits per heavy atom. The fraction of sp³-hybridized carbons (Fsp3) is 0.188. The van der Waals surface area contributed by atoms with Crippen LogP contribution in [-0.4, -0.2) is 22.9 Å². The van der Waals surface area contributed by atoms with Gasteiger partial charge in [0.05, 0.1) is 5.56 Å². The molecule has 0 fully saturated rings. The first-order valence-electron chi connectivity index (χ1n) is 6.53. The highest BCUT2D eigenvalue weighted by Crippen LogP contribution is 2.33. The van der Waals surface area contributed by atoms with Crippen LogP contribution in [0.5, 0.6) is 5.75 Å². The van der Waals surface area contributed by atoms with Crippen molar-refractivity contribution in [3.63, 3.8) is 0 Å². The van der Waals surface area contributed by atoms with Crippen LogP contribution in [0.4, 0.5) is 0 Å². The number of aromatic carboxylic acids is 1. The number of fused-ring (bicyclic) bond motifs is 1. The Bertz CT molecular complexity index is 687. The first kappa shape index (κ1) is 14.3. The molecule has 3 nitrogen and oxygen atoms in total. The van der Waals surface area contributed by atoms with E-state index in [0.717, 1.165) is 22.6 Å². The summed E-state index contributed by atoms with van der Waals surface area (Å²) in [6.45, 7) is 0. The van der Waals surface area contributed by atoms with Gasteiger partial charge in [-0.15, -0.1) is 11.8 Å². The summed E-state index contributed by atoms with van der Waals surface area (Å²) >= 11 is 7.48. The summed E-state index contributed by atoms with van der Waals surface area (Å²) in [5.41, 5.74) is 1.45. The largest absolute Gasteiger partial charge is 0.489 e. The summed E-state index contributed by atoms with van der Waals surface area (Å²) in [4.78, 5) is 11.9. The molecule has 0 saturated carbocycles. The average molecular weight is 321 g/mol. The Balaban J connectivity index is 1.67. The Hall–Kier alpha value is -1.65. The topological polar surface area (TPSA) is 46.5 Å². The minimum atomic E-state index is -0.902. The van der Waals surface area contributed by atoms with Crippen molar-refractivity contribution in [1.29, 1.82) is 0 Å². The van der Waals surface area contributed by atoms with Crippen molar-refractivity contribution in [1.82, 2.24) is 0 Å². The number of carboxylic acid groups (broad SMARTS) is 1. The van der Waals surface area contributed by atoms with E-state index in [9.17, 15) is 9.90 Å². The van der Waals surface area contributed by atoms with Crippen LogP contribution in [0, 0.1) is 0 Å². The van der Waals surface area contributed by atoms with Gasteiger partial charge in [-0.05, 0) is 35.9 Å². The summed E-state index contributed by atoms with van der Waals surface area (Å²) in [5, 5.41) is 9.88. The number of halogens is 1. The van der Waals surface area contributed by atoms with E-state index >= 15 is 0 Å². The minimum absolute atomic E-state index is 0.0466. The predicted octanol–water partition coefficient (Wildman–Crippen LogP) is 4.13. The number of hydrogen-bond donors (Lipinski definition) is 1. The molecule has 1 unspecified atom stereocenters. The van der Waals surface area contributed by atoms with Gasteiger partial charge in [0, 0.05) is 22.1 Å². The number of carboxylic acids is 1. The molecule has 2 aromatic rings. The van der Waals surface area contributed by atoms with Gasteiger partial charge in [0.2, 0.25) is 0 Å². The van der Waals surface area contributed by atoms with Gasteiger partial charge < -0.3 is 9.84 Å². The molecule has 0 radical (unpaired) electrons. The maximum atomic E-state index is 11.2. The standard InChI is InChI=1S/C16H13ClO3S/c17-11-5-6-14-10(7-11)8-12(20-14)9-21-15-4-2-1-3-13(15)16(18)19/h1-7,12H,8-9H2,(H,18,19). The molecule has 0 aromatic heterocycles. The van der Waals surface area contributed by atoms with E-state index in [1.165, 1.54) is 11.8 Å². The molecule has 21 heavy (non-hydrogen) atoms. The highest BCUT2D eigenvalue weighted by molar-refractivity contribution is 7.99. The second-order valence-electron chi connectivity index (χ2n) is 4.81. The van der Waals surface area contributed by atoms with Gasteiger partial charge in [-0.2, -0.15) is 0 Å². The van der Waals surface area contributed by atoms with E-state index in [2.05, 4.69) is 0 Å². The van der Waals surface area contributed by atoms with Gasteiger partial charge in [-0.25, -0.2) is 4.79 Å². The van der Waals surface area contributed by atoms with Crippen LogP contribution < -0.4 is 4.74 Å². The molecule has 0 amide bonds. The van der Waals surface area contributed by atoms with E-state index in [-0.39, 0.29) is 6.10 Å². The van der Waals surface area contributed by atoms with Gasteiger partial charge in [-0.1, -0.05) is 23.7 Å². The van der Waals surface area contributed by atoms with Crippen molar-refractivity contribution in [2.75, 3.05) is 5.75 Å². The normalized spacial score (nSPS) is 16.3. The Morgan fingerprint density at radius 1 is 1.33 bits per heavy atom. The molecule has 1 atom stereocenters. The highest BCUT2D eigenvalue weighted by atomic mass is 35.5. The first-order valence-corrected chi connectivity index (χ1v) is 7.90. The zero-order valence-electron chi connectivity index (χ0n) is 11.1. The van der Waals surface area contributed by atoms with E-state index in [1.807, 2.05) is 30.3 Å². The highest BCUT2D eigenvalue weighted by Gasteiger charge is 2.23. The van der Waals surface area contributed by atoms with Gasteiger partial charge in [0.1, 0.15) is 11.9 Å². The van der Waals surface area contributed by atoms with Crippen LogP contribution in [0.2, 0.25) is 5.02 Å². The van der Waals surface area contributed by atoms with Crippen molar-refractivity contribution in [3.8, 4) is 5.75 Å². The van der Waals surface area contributed by atoms with Crippen LogP contribution >= 0.6 is 23.4 Å². The summed E-state index contributed by atoms with van der Waals surface area (Å²) in [7, 11) is 0. The smallest absolute Gasteiger partial charge is 0.336 e. The van der Waals surface area contributed by atoms with Crippen molar-refractivity contribution in [2.45, 2.75) is 17.4 Å². The van der Waals surface area contributed by atoms with E-state index in [1.54, 1.807) is 12.1 Å². The second-order valence-corrected chi connectivity index (χ2v) is 6.31. The molecule has 0 aliphatic carbocycles. The Morgan fingerprint density at radius 3 is 2.95 bits per heavy atom. The number of ether oxygens (including phenoxy) is 1. The first-order chi connectivity index (χ1) is 10.1. The molecule has 0 bridgehead atoms. The fourth-order valence-electron chi connectivity index (χ4n) is 2.33. The van der Waals surface area contributed by atoms with Crippen molar-refractivity contribution >= 4 is 29.3 Å². The number of hydrogen-bond acceptors (Lipinski definition) is 3. The van der Waals surface area contributed by atoms with E-state index < -0.39 is 5.97 Å². The van der Waals surface area contributed by atoms with Crippen molar-refractivity contribution < 1.29 is 14.6 Å². The molecule has 1 heterocycles. The SMILES string of the molecule is O=C(O)c1ccccc1SCC1Cc2cc(Cl)ccc2O1. The number of benzene rings is 2. The fourth-order valence-corrected chi connectivity index (χ4v) is 3.57. The van der Waals surface area contributed by atoms with Gasteiger partial charge in [-0.3, -0.25) is 0 Å². The zero-order valence-corrected chi connectivity index (χ0v) is 12.7. The predicted molar refractivity (Wildman–Crippen MR) is 83.7 cm³/mol. The second kappa shape index (κ2) is 6.00. The third-order valence-electron chi connectivity index (χ3n) is 3.31. The maximum Gasteiger partial charge on any atom is 0.336 e. The van der Waals surface area contributed by atoms with Crippen LogP contribution in [-0.2, 0) is 6.42 Å². The average Bonchev–Trinajstić information content (AvgIpc) is 2.87. The minimum Gasteiger partial charge on any atom is -0.489 e. The lowest BCUT2D eigenvalue weighted by molar-refractivity contribution is 0.0693. The summed E-state index contributed by atoms with van der Waals surface area (Å²) in [6, 6.07) is 12.6. The molecule has 1 aliphatic rings. The molecular weight excluding hydrogens is 308 g/mol. The molecule has 1 N–H and O–H groups in total. The molecular formula is C16H13ClO3S. The van der Waals surface area contributed by atoms with Gasteiger partial charge in [0.25, 0.3) is 0 Å². The summed E-state index contributed by atoms with van der Waals surface area (Å²) in [5.74, 6) is 0.674. The van der Waals surface area contributed by atoms with Crippen LogP contribution in [0.25, 0.3) is 0 Å². The number of carbonyl (C=O) groups is 1. The van der Waals surface area contributed by atoms with E-state index in [4.69, 9.17) is 16.3 Å². The third kappa shape index (κ3) is 3.17. The molecule has 108 valence electrons. The molecule has 5 heteroatoms. The molecule has 1 aliphatic heterocycles. The van der Waals surface area contributed by atoms with Gasteiger partial charge in [0.15, 0.2) is 0 Å².